The lowest BCUT2D eigenvalue weighted by molar-refractivity contribution is 0.0908. The first-order valence-electron chi connectivity index (χ1n) is 11.3. The van der Waals surface area contributed by atoms with E-state index in [0.717, 1.165) is 25.7 Å². The average Bonchev–Trinajstić information content (AvgIpc) is 2.77. The van der Waals surface area contributed by atoms with Crippen molar-refractivity contribution in [2.45, 2.75) is 63.9 Å². The van der Waals surface area contributed by atoms with Gasteiger partial charge in [0.25, 0.3) is 5.91 Å². The van der Waals surface area contributed by atoms with Gasteiger partial charge in [0.05, 0.1) is 10.4 Å². The Morgan fingerprint density at radius 2 is 1.94 bits per heavy atom. The summed E-state index contributed by atoms with van der Waals surface area (Å²) in [5.74, 6) is -0.0557. The molecule has 8 heteroatoms. The molecule has 3 rings (SSSR count). The summed E-state index contributed by atoms with van der Waals surface area (Å²) in [5.41, 5.74) is 0.128. The van der Waals surface area contributed by atoms with Gasteiger partial charge in [-0.25, -0.2) is 8.42 Å². The molecule has 0 spiro atoms. The van der Waals surface area contributed by atoms with Crippen LogP contribution in [0, 0.1) is 5.92 Å². The zero-order valence-corrected chi connectivity index (χ0v) is 20.0. The van der Waals surface area contributed by atoms with Gasteiger partial charge in [-0.2, -0.15) is 4.31 Å². The maximum absolute atomic E-state index is 13.3. The number of carbonyl (C=O) groups is 1. The molecule has 1 aromatic heterocycles. The normalized spacial score (nSPS) is 19.2. The van der Waals surface area contributed by atoms with Crippen molar-refractivity contribution in [3.63, 3.8) is 0 Å². The number of amides is 1. The number of fused-ring (bicyclic) bond motifs is 1. The first-order valence-corrected chi connectivity index (χ1v) is 12.8. The highest BCUT2D eigenvalue weighted by Crippen LogP contribution is 2.24. The van der Waals surface area contributed by atoms with Crippen molar-refractivity contribution < 1.29 is 13.2 Å². The van der Waals surface area contributed by atoms with E-state index in [9.17, 15) is 18.0 Å². The molecule has 0 bridgehead atoms. The Morgan fingerprint density at radius 1 is 1.25 bits per heavy atom. The van der Waals surface area contributed by atoms with Crippen LogP contribution in [0.2, 0.25) is 0 Å². The third kappa shape index (κ3) is 4.66. The molecule has 1 N–H and O–H groups in total. The van der Waals surface area contributed by atoms with Crippen molar-refractivity contribution in [1.82, 2.24) is 14.2 Å². The molecule has 1 aliphatic carbocycles. The van der Waals surface area contributed by atoms with E-state index in [1.54, 1.807) is 36.8 Å². The van der Waals surface area contributed by atoms with Gasteiger partial charge in [0.15, 0.2) is 0 Å². The van der Waals surface area contributed by atoms with E-state index in [1.807, 2.05) is 0 Å². The van der Waals surface area contributed by atoms with Gasteiger partial charge in [-0.15, -0.1) is 6.58 Å². The van der Waals surface area contributed by atoms with Crippen molar-refractivity contribution in [3.05, 3.63) is 52.8 Å². The zero-order chi connectivity index (χ0) is 23.5. The molecule has 0 radical (unpaired) electrons. The van der Waals surface area contributed by atoms with Crippen molar-refractivity contribution in [1.29, 1.82) is 0 Å². The van der Waals surface area contributed by atoms with Crippen LogP contribution in [0.1, 0.15) is 56.8 Å². The number of rotatable bonds is 8. The number of benzene rings is 1. The second-order valence-electron chi connectivity index (χ2n) is 8.42. The molecule has 7 nitrogen and oxygen atoms in total. The monoisotopic (exact) mass is 459 g/mol. The van der Waals surface area contributed by atoms with Crippen LogP contribution >= 0.6 is 0 Å². The molecule has 1 amide bonds. The summed E-state index contributed by atoms with van der Waals surface area (Å²) < 4.78 is 29.1. The van der Waals surface area contributed by atoms with Crippen LogP contribution in [0.5, 0.6) is 0 Å². The molecule has 1 saturated carbocycles. The zero-order valence-electron chi connectivity index (χ0n) is 19.1. The van der Waals surface area contributed by atoms with Gasteiger partial charge in [-0.05, 0) is 37.0 Å². The summed E-state index contributed by atoms with van der Waals surface area (Å²) >= 11 is 0. The Labute approximate surface area is 190 Å². The van der Waals surface area contributed by atoms with Crippen molar-refractivity contribution in [2.24, 2.45) is 5.92 Å². The van der Waals surface area contributed by atoms with Gasteiger partial charge in [-0.3, -0.25) is 9.59 Å². The minimum Gasteiger partial charge on any atom is -0.349 e. The third-order valence-electron chi connectivity index (χ3n) is 6.39. The Bertz CT molecular complexity index is 1170. The highest BCUT2D eigenvalue weighted by atomic mass is 32.2. The lowest BCUT2D eigenvalue weighted by Crippen LogP contribution is -2.42. The molecule has 0 aliphatic heterocycles. The van der Waals surface area contributed by atoms with E-state index in [1.165, 1.54) is 16.4 Å². The van der Waals surface area contributed by atoms with Gasteiger partial charge in [-0.1, -0.05) is 39.7 Å². The summed E-state index contributed by atoms with van der Waals surface area (Å²) in [6.45, 7) is 10.5. The number of hydrogen-bond donors (Lipinski definition) is 1. The number of pyridine rings is 1. The lowest BCUT2D eigenvalue weighted by Gasteiger charge is -2.29. The van der Waals surface area contributed by atoms with Crippen LogP contribution in [0.4, 0.5) is 0 Å². The van der Waals surface area contributed by atoms with E-state index in [0.29, 0.717) is 31.1 Å². The van der Waals surface area contributed by atoms with Crippen LogP contribution < -0.4 is 10.7 Å². The smallest absolute Gasteiger partial charge is 0.256 e. The summed E-state index contributed by atoms with van der Waals surface area (Å²) in [6.07, 6.45) is 7.38. The maximum atomic E-state index is 13.3. The van der Waals surface area contributed by atoms with E-state index >= 15 is 0 Å². The highest BCUT2D eigenvalue weighted by molar-refractivity contribution is 7.89. The highest BCUT2D eigenvalue weighted by Gasteiger charge is 2.26. The lowest BCUT2D eigenvalue weighted by atomic mass is 9.86. The van der Waals surface area contributed by atoms with Crippen molar-refractivity contribution in [2.75, 3.05) is 13.1 Å². The standard InChI is InChI=1S/C24H33N3O4S/c1-5-14-26-16-20(24(29)25-21-11-9-8-10-17(21)4)23(28)19-15-18(12-13-22(19)26)32(30,31)27(6-2)7-3/h5,12-13,15-17,21H,1,6-11,14H2,2-4H3,(H,25,29)/t17-,21+/m0/s1. The number of sulfonamides is 1. The van der Waals surface area contributed by atoms with Gasteiger partial charge >= 0.3 is 0 Å². The third-order valence-corrected chi connectivity index (χ3v) is 8.44. The minimum atomic E-state index is -3.73. The molecule has 174 valence electrons. The quantitative estimate of drug-likeness (QED) is 0.612. The number of nitrogens with zero attached hydrogens (tertiary/aromatic N) is 2. The average molecular weight is 460 g/mol. The largest absolute Gasteiger partial charge is 0.349 e. The van der Waals surface area contributed by atoms with Crippen LogP contribution in [0.3, 0.4) is 0 Å². The van der Waals surface area contributed by atoms with Gasteiger partial charge in [0.2, 0.25) is 15.5 Å². The molecule has 2 atom stereocenters. The van der Waals surface area contributed by atoms with Crippen LogP contribution in [-0.4, -0.2) is 42.3 Å². The molecule has 1 aromatic carbocycles. The first-order chi connectivity index (χ1) is 15.2. The fourth-order valence-corrected chi connectivity index (χ4v) is 5.96. The summed E-state index contributed by atoms with van der Waals surface area (Å²) in [4.78, 5) is 26.5. The van der Waals surface area contributed by atoms with E-state index < -0.39 is 21.4 Å². The Hall–Kier alpha value is -2.45. The predicted molar refractivity (Wildman–Crippen MR) is 127 cm³/mol. The summed E-state index contributed by atoms with van der Waals surface area (Å²) in [7, 11) is -3.73. The molecule has 0 unspecified atom stereocenters. The maximum Gasteiger partial charge on any atom is 0.256 e. The van der Waals surface area contributed by atoms with E-state index in [-0.39, 0.29) is 21.9 Å². The topological polar surface area (TPSA) is 88.5 Å². The SMILES string of the molecule is C=CCn1cc(C(=O)N[C@@H]2CCCC[C@@H]2C)c(=O)c2cc(S(=O)(=O)N(CC)CC)ccc21. The van der Waals surface area contributed by atoms with Crippen LogP contribution in [0.15, 0.2) is 46.7 Å². The Kier molecular flexibility index (Phi) is 7.56. The van der Waals surface area contributed by atoms with Gasteiger partial charge in [0.1, 0.15) is 5.56 Å². The second-order valence-corrected chi connectivity index (χ2v) is 10.4. The van der Waals surface area contributed by atoms with Crippen LogP contribution in [0.25, 0.3) is 10.9 Å². The molecule has 1 heterocycles. The fraction of sp³-hybridized carbons (Fsp3) is 0.500. The van der Waals surface area contributed by atoms with Crippen LogP contribution in [-0.2, 0) is 16.6 Å². The molecule has 1 aliphatic rings. The molecule has 32 heavy (non-hydrogen) atoms. The van der Waals surface area contributed by atoms with Crippen molar-refractivity contribution in [3.8, 4) is 0 Å². The van der Waals surface area contributed by atoms with E-state index in [4.69, 9.17) is 0 Å². The minimum absolute atomic E-state index is 0.0227. The Morgan fingerprint density at radius 3 is 2.56 bits per heavy atom. The molecular formula is C24H33N3O4S. The number of hydrogen-bond acceptors (Lipinski definition) is 4. The van der Waals surface area contributed by atoms with Gasteiger partial charge in [0, 0.05) is 37.3 Å². The molecular weight excluding hydrogens is 426 g/mol. The molecule has 0 saturated heterocycles. The number of aromatic nitrogens is 1. The predicted octanol–water partition coefficient (Wildman–Crippen LogP) is 3.53. The van der Waals surface area contributed by atoms with Gasteiger partial charge < -0.3 is 9.88 Å². The number of allylic oxidation sites excluding steroid dienone is 1. The summed E-state index contributed by atoms with van der Waals surface area (Å²) in [6, 6.07) is 4.57. The summed E-state index contributed by atoms with van der Waals surface area (Å²) in [5, 5.41) is 3.25. The van der Waals surface area contributed by atoms with E-state index in [2.05, 4.69) is 18.8 Å². The fourth-order valence-electron chi connectivity index (χ4n) is 4.48. The number of carbonyl (C=O) groups excluding carboxylic acids is 1. The Balaban J connectivity index is 2.11. The van der Waals surface area contributed by atoms with Crippen molar-refractivity contribution >= 4 is 26.8 Å². The second kappa shape index (κ2) is 10.0. The molecule has 1 fully saturated rings. The first kappa shape index (κ1) is 24.2. The number of nitrogens with one attached hydrogen (secondary N) is 1. The molecule has 2 aromatic rings.